The molecule has 118 valence electrons. The average Bonchev–Trinajstić information content (AvgIpc) is 2.55. The summed E-state index contributed by atoms with van der Waals surface area (Å²) >= 11 is 0. The molecule has 2 nitrogen and oxygen atoms in total. The number of ether oxygens (including phenoxy) is 1. The molecule has 0 fully saturated rings. The minimum Gasteiger partial charge on any atom is -0.425 e. The van der Waals surface area contributed by atoms with Gasteiger partial charge in [-0.25, -0.2) is 0 Å². The van der Waals surface area contributed by atoms with Crippen LogP contribution in [0.2, 0.25) is 0 Å². The van der Waals surface area contributed by atoms with E-state index in [0.717, 1.165) is 35.3 Å². The maximum atomic E-state index is 12.5. The molecule has 3 rings (SSSR count). The van der Waals surface area contributed by atoms with Crippen molar-refractivity contribution in [3.05, 3.63) is 71.3 Å². The molecule has 0 atom stereocenters. The molecule has 0 bridgehead atoms. The molecule has 2 heteroatoms. The van der Waals surface area contributed by atoms with Gasteiger partial charge in [-0.15, -0.1) is 0 Å². The number of carbonyl (C=O) groups is 1. The number of allylic oxidation sites excluding steroid dienone is 1. The fraction of sp³-hybridized carbons (Fsp3) is 0.286. The molecule has 23 heavy (non-hydrogen) atoms. The van der Waals surface area contributed by atoms with Crippen LogP contribution >= 0.6 is 0 Å². The second-order valence-corrected chi connectivity index (χ2v) is 6.97. The van der Waals surface area contributed by atoms with E-state index in [1.807, 2.05) is 57.2 Å². The number of benzene rings is 2. The van der Waals surface area contributed by atoms with Gasteiger partial charge in [0.25, 0.3) is 0 Å². The normalized spacial score (nSPS) is 14.4. The largest absolute Gasteiger partial charge is 0.425 e. The molecule has 2 aromatic carbocycles. The fourth-order valence-electron chi connectivity index (χ4n) is 2.77. The highest BCUT2D eigenvalue weighted by Crippen LogP contribution is 2.38. The molecule has 0 spiro atoms. The molecule has 1 aliphatic rings. The van der Waals surface area contributed by atoms with Gasteiger partial charge in [-0.05, 0) is 44.7 Å². The Morgan fingerprint density at radius 1 is 0.913 bits per heavy atom. The van der Waals surface area contributed by atoms with Crippen molar-refractivity contribution in [3.63, 3.8) is 0 Å². The molecular formula is C21H22O2. The summed E-state index contributed by atoms with van der Waals surface area (Å²) in [6.07, 6.45) is 1.85. The van der Waals surface area contributed by atoms with E-state index in [-0.39, 0.29) is 5.97 Å². The summed E-state index contributed by atoms with van der Waals surface area (Å²) in [5.41, 5.74) is 3.99. The van der Waals surface area contributed by atoms with Gasteiger partial charge in [-0.2, -0.15) is 0 Å². The van der Waals surface area contributed by atoms with Crippen LogP contribution in [-0.2, 0) is 16.0 Å². The molecule has 0 saturated carbocycles. The lowest BCUT2D eigenvalue weighted by atomic mass is 9.87. The molecule has 0 N–H and O–H groups in total. The lowest BCUT2D eigenvalue weighted by molar-refractivity contribution is -0.145. The standard InChI is InChI=1S/C21H22O2/c1-21(2,3)20(22)23-19-17-12-8-7-11-16(17)13-14-18(19)15-9-5-4-6-10-15/h4-12H,13-14H2,1-3H3. The first-order chi connectivity index (χ1) is 11.0. The van der Waals surface area contributed by atoms with Gasteiger partial charge < -0.3 is 4.74 Å². The van der Waals surface area contributed by atoms with Crippen LogP contribution in [0, 0.1) is 5.41 Å². The van der Waals surface area contributed by atoms with Crippen molar-refractivity contribution in [1.82, 2.24) is 0 Å². The highest BCUT2D eigenvalue weighted by atomic mass is 16.5. The zero-order chi connectivity index (χ0) is 16.4. The van der Waals surface area contributed by atoms with Gasteiger partial charge >= 0.3 is 5.97 Å². The van der Waals surface area contributed by atoms with E-state index >= 15 is 0 Å². The van der Waals surface area contributed by atoms with Crippen LogP contribution in [0.15, 0.2) is 54.6 Å². The zero-order valence-electron chi connectivity index (χ0n) is 13.9. The van der Waals surface area contributed by atoms with Crippen molar-refractivity contribution in [2.75, 3.05) is 0 Å². The maximum absolute atomic E-state index is 12.5. The van der Waals surface area contributed by atoms with Crippen molar-refractivity contribution >= 4 is 17.3 Å². The Balaban J connectivity index is 2.12. The summed E-state index contributed by atoms with van der Waals surface area (Å²) in [7, 11) is 0. The first kappa shape index (κ1) is 15.5. The Morgan fingerprint density at radius 3 is 2.26 bits per heavy atom. The van der Waals surface area contributed by atoms with Crippen molar-refractivity contribution in [2.24, 2.45) is 5.41 Å². The third-order valence-corrected chi connectivity index (χ3v) is 4.11. The summed E-state index contributed by atoms with van der Waals surface area (Å²) in [5.74, 6) is 0.524. The molecule has 0 amide bonds. The van der Waals surface area contributed by atoms with Crippen molar-refractivity contribution in [3.8, 4) is 0 Å². The van der Waals surface area contributed by atoms with Crippen molar-refractivity contribution < 1.29 is 9.53 Å². The van der Waals surface area contributed by atoms with Gasteiger partial charge in [-0.3, -0.25) is 4.79 Å². The van der Waals surface area contributed by atoms with Gasteiger partial charge in [-0.1, -0.05) is 54.6 Å². The number of esters is 1. The number of fused-ring (bicyclic) bond motifs is 1. The smallest absolute Gasteiger partial charge is 0.316 e. The minimum atomic E-state index is -0.527. The Morgan fingerprint density at radius 2 is 1.57 bits per heavy atom. The molecule has 0 saturated heterocycles. The molecule has 1 aliphatic carbocycles. The van der Waals surface area contributed by atoms with Crippen LogP contribution in [0.3, 0.4) is 0 Å². The summed E-state index contributed by atoms with van der Waals surface area (Å²) in [6, 6.07) is 18.4. The molecule has 0 unspecified atom stereocenters. The topological polar surface area (TPSA) is 26.3 Å². The Bertz CT molecular complexity index is 749. The van der Waals surface area contributed by atoms with E-state index in [1.165, 1.54) is 5.56 Å². The van der Waals surface area contributed by atoms with Gasteiger partial charge in [0.2, 0.25) is 0 Å². The Kier molecular flexibility index (Phi) is 4.08. The summed E-state index contributed by atoms with van der Waals surface area (Å²) < 4.78 is 5.89. The highest BCUT2D eigenvalue weighted by molar-refractivity contribution is 5.95. The molecule has 2 aromatic rings. The second kappa shape index (κ2) is 6.04. The van der Waals surface area contributed by atoms with E-state index in [2.05, 4.69) is 18.2 Å². The predicted octanol–water partition coefficient (Wildman–Crippen LogP) is 5.09. The van der Waals surface area contributed by atoms with E-state index < -0.39 is 5.41 Å². The van der Waals surface area contributed by atoms with Crippen LogP contribution in [0.1, 0.15) is 43.9 Å². The zero-order valence-corrected chi connectivity index (χ0v) is 13.9. The highest BCUT2D eigenvalue weighted by Gasteiger charge is 2.29. The quantitative estimate of drug-likeness (QED) is 0.722. The number of rotatable bonds is 2. The fourth-order valence-corrected chi connectivity index (χ4v) is 2.77. The third kappa shape index (κ3) is 3.21. The predicted molar refractivity (Wildman–Crippen MR) is 93.6 cm³/mol. The van der Waals surface area contributed by atoms with Gasteiger partial charge in [0.05, 0.1) is 5.41 Å². The number of aryl methyl sites for hydroxylation is 1. The van der Waals surface area contributed by atoms with E-state index in [0.29, 0.717) is 0 Å². The van der Waals surface area contributed by atoms with Gasteiger partial charge in [0.15, 0.2) is 0 Å². The SMILES string of the molecule is CC(C)(C)C(=O)OC1=C(c2ccccc2)CCc2ccccc21. The molecule has 0 aromatic heterocycles. The lowest BCUT2D eigenvalue weighted by Gasteiger charge is -2.25. The van der Waals surface area contributed by atoms with Crippen LogP contribution in [0.25, 0.3) is 11.3 Å². The Hall–Kier alpha value is -2.35. The molecule has 0 heterocycles. The number of hydrogen-bond donors (Lipinski definition) is 0. The average molecular weight is 306 g/mol. The maximum Gasteiger partial charge on any atom is 0.316 e. The molecule has 0 aliphatic heterocycles. The summed E-state index contributed by atoms with van der Waals surface area (Å²) in [4.78, 5) is 12.5. The molecular weight excluding hydrogens is 284 g/mol. The van der Waals surface area contributed by atoms with Crippen LogP contribution < -0.4 is 0 Å². The third-order valence-electron chi connectivity index (χ3n) is 4.11. The minimum absolute atomic E-state index is 0.197. The number of carbonyl (C=O) groups excluding carboxylic acids is 1. The van der Waals surface area contributed by atoms with Crippen LogP contribution in [-0.4, -0.2) is 5.97 Å². The van der Waals surface area contributed by atoms with Gasteiger partial charge in [0.1, 0.15) is 5.76 Å². The summed E-state index contributed by atoms with van der Waals surface area (Å²) in [5, 5.41) is 0. The monoisotopic (exact) mass is 306 g/mol. The lowest BCUT2D eigenvalue weighted by Crippen LogP contribution is -2.23. The van der Waals surface area contributed by atoms with Gasteiger partial charge in [0, 0.05) is 11.1 Å². The van der Waals surface area contributed by atoms with E-state index in [1.54, 1.807) is 0 Å². The van der Waals surface area contributed by atoms with E-state index in [4.69, 9.17) is 4.74 Å². The van der Waals surface area contributed by atoms with Crippen molar-refractivity contribution in [1.29, 1.82) is 0 Å². The van der Waals surface area contributed by atoms with Crippen LogP contribution in [0.5, 0.6) is 0 Å². The number of hydrogen-bond acceptors (Lipinski definition) is 2. The Labute approximate surface area is 137 Å². The van der Waals surface area contributed by atoms with E-state index in [9.17, 15) is 4.79 Å². The first-order valence-electron chi connectivity index (χ1n) is 8.06. The van der Waals surface area contributed by atoms with Crippen LogP contribution in [0.4, 0.5) is 0 Å². The van der Waals surface area contributed by atoms with Crippen molar-refractivity contribution in [2.45, 2.75) is 33.6 Å². The second-order valence-electron chi connectivity index (χ2n) is 6.97. The first-order valence-corrected chi connectivity index (χ1v) is 8.06. The summed E-state index contributed by atoms with van der Waals surface area (Å²) in [6.45, 7) is 5.65. The molecule has 0 radical (unpaired) electrons.